The number of ether oxygens (including phenoxy) is 2. The SMILES string of the molecule is CCCCCCOc1c(-c2ccc(-c3cc(-c4ccccn4)nc(-c4ccccn4)c3)cc2)c(-c2ccc(-c3cc(-c4ccccn4)nc(-c4ccccn4)c3)cc2)c(OCCCCCC)c(-c2ccc(-c3cc(-c4ccccn4)nc(-c4ccccn4)c3)cc2)c1-c1ccc(-c2cc(-c3ccccn3)nc(-c3ccccn3)c2)cc1. The Morgan fingerprint density at radius 2 is 0.362 bits per heavy atom. The molecule has 0 amide bonds. The van der Waals surface area contributed by atoms with E-state index < -0.39 is 0 Å². The normalized spacial score (nSPS) is 11.2. The summed E-state index contributed by atoms with van der Waals surface area (Å²) in [5.41, 5.74) is 27.0. The van der Waals surface area contributed by atoms with Crippen LogP contribution in [0, 0.1) is 0 Å². The second-order valence-corrected chi connectivity index (χ2v) is 28.5. The Balaban J connectivity index is 0.928. The second-order valence-electron chi connectivity index (χ2n) is 28.5. The van der Waals surface area contributed by atoms with Crippen LogP contribution in [-0.2, 0) is 0 Å². The summed E-state index contributed by atoms with van der Waals surface area (Å²) in [4.78, 5) is 59.0. The molecule has 0 aliphatic rings. The van der Waals surface area contributed by atoms with E-state index in [1.807, 2.05) is 146 Å². The van der Waals surface area contributed by atoms with Gasteiger partial charge in [0, 0.05) is 71.8 Å². The highest BCUT2D eigenvalue weighted by Crippen LogP contribution is 2.57. The van der Waals surface area contributed by atoms with Gasteiger partial charge < -0.3 is 9.47 Å². The molecule has 0 aliphatic carbocycles. The number of rotatable bonds is 28. The van der Waals surface area contributed by atoms with Gasteiger partial charge in [0.2, 0.25) is 0 Å². The molecular formula is C102H82N12O2. The van der Waals surface area contributed by atoms with Gasteiger partial charge in [0.05, 0.1) is 104 Å². The molecule has 12 heterocycles. The number of pyridine rings is 12. The molecule has 0 unspecified atom stereocenters. The van der Waals surface area contributed by atoms with Gasteiger partial charge >= 0.3 is 0 Å². The molecule has 0 radical (unpaired) electrons. The van der Waals surface area contributed by atoms with E-state index in [1.165, 1.54) is 0 Å². The third kappa shape index (κ3) is 16.8. The van der Waals surface area contributed by atoms with Crippen LogP contribution < -0.4 is 9.47 Å². The number of aromatic nitrogens is 12. The van der Waals surface area contributed by atoms with Crippen molar-refractivity contribution in [2.24, 2.45) is 0 Å². The average molecular weight is 1510 g/mol. The highest BCUT2D eigenvalue weighted by Gasteiger charge is 2.31. The fourth-order valence-electron chi connectivity index (χ4n) is 14.8. The number of hydrogen-bond acceptors (Lipinski definition) is 14. The van der Waals surface area contributed by atoms with Crippen LogP contribution in [0.1, 0.15) is 65.2 Å². The summed E-state index contributed by atoms with van der Waals surface area (Å²) in [7, 11) is 0. The van der Waals surface area contributed by atoms with E-state index in [2.05, 4.69) is 159 Å². The summed E-state index contributed by atoms with van der Waals surface area (Å²) in [5, 5.41) is 0. The Kier molecular flexibility index (Phi) is 22.7. The molecule has 0 saturated carbocycles. The van der Waals surface area contributed by atoms with E-state index in [9.17, 15) is 0 Å². The van der Waals surface area contributed by atoms with E-state index in [4.69, 9.17) is 69.3 Å². The van der Waals surface area contributed by atoms with Gasteiger partial charge in [-0.05, 0) is 225 Å². The molecule has 12 aromatic heterocycles. The van der Waals surface area contributed by atoms with Crippen LogP contribution in [0.15, 0.2) is 341 Å². The maximum atomic E-state index is 7.82. The summed E-state index contributed by atoms with van der Waals surface area (Å²) in [6.07, 6.45) is 22.3. The van der Waals surface area contributed by atoms with Gasteiger partial charge in [-0.1, -0.05) is 198 Å². The number of unbranched alkanes of at least 4 members (excludes halogenated alkanes) is 6. The van der Waals surface area contributed by atoms with E-state index in [1.54, 1.807) is 49.6 Å². The lowest BCUT2D eigenvalue weighted by Gasteiger charge is -2.28. The van der Waals surface area contributed by atoms with Gasteiger partial charge in [-0.25, -0.2) is 19.9 Å². The van der Waals surface area contributed by atoms with Crippen LogP contribution in [-0.4, -0.2) is 73.0 Å². The summed E-state index contributed by atoms with van der Waals surface area (Å²) in [6, 6.07) is 99.9. The maximum absolute atomic E-state index is 7.82. The van der Waals surface area contributed by atoms with Gasteiger partial charge in [-0.3, -0.25) is 39.9 Å². The van der Waals surface area contributed by atoms with E-state index >= 15 is 0 Å². The Morgan fingerprint density at radius 3 is 0.526 bits per heavy atom. The maximum Gasteiger partial charge on any atom is 0.136 e. The van der Waals surface area contributed by atoms with Crippen LogP contribution in [0.25, 0.3) is 180 Å². The van der Waals surface area contributed by atoms with Gasteiger partial charge in [0.25, 0.3) is 0 Å². The first-order valence-corrected chi connectivity index (χ1v) is 39.8. The van der Waals surface area contributed by atoms with Crippen molar-refractivity contribution >= 4 is 0 Å². The molecule has 0 bridgehead atoms. The van der Waals surface area contributed by atoms with Crippen molar-refractivity contribution in [1.82, 2.24) is 59.8 Å². The average Bonchev–Trinajstić information content (AvgIpc) is 0.724. The van der Waals surface area contributed by atoms with Crippen molar-refractivity contribution in [2.45, 2.75) is 65.2 Å². The molecule has 5 aromatic carbocycles. The van der Waals surface area contributed by atoms with Gasteiger partial charge in [0.15, 0.2) is 0 Å². The van der Waals surface area contributed by atoms with Crippen LogP contribution in [0.2, 0.25) is 0 Å². The quantitative estimate of drug-likeness (QED) is 0.0424. The summed E-state index contributed by atoms with van der Waals surface area (Å²) in [5.74, 6) is 1.44. The van der Waals surface area contributed by atoms with E-state index in [0.29, 0.717) is 13.2 Å². The molecule has 562 valence electrons. The highest BCUT2D eigenvalue weighted by molar-refractivity contribution is 6.06. The summed E-state index contributed by atoms with van der Waals surface area (Å²) >= 11 is 0. The Hall–Kier alpha value is -14.5. The van der Waals surface area contributed by atoms with Crippen molar-refractivity contribution < 1.29 is 9.47 Å². The smallest absolute Gasteiger partial charge is 0.136 e. The first-order valence-electron chi connectivity index (χ1n) is 39.8. The van der Waals surface area contributed by atoms with Gasteiger partial charge in [-0.2, -0.15) is 0 Å². The van der Waals surface area contributed by atoms with Crippen LogP contribution >= 0.6 is 0 Å². The Labute approximate surface area is 676 Å². The minimum Gasteiger partial charge on any atom is -0.492 e. The lowest BCUT2D eigenvalue weighted by molar-refractivity contribution is 0.301. The van der Waals surface area contributed by atoms with Crippen molar-refractivity contribution in [3.05, 3.63) is 341 Å². The fourth-order valence-corrected chi connectivity index (χ4v) is 14.8. The largest absolute Gasteiger partial charge is 0.492 e. The Bertz CT molecular complexity index is 5180. The monoisotopic (exact) mass is 1510 g/mol. The number of nitrogens with zero attached hydrogens (tertiary/aromatic N) is 12. The zero-order valence-electron chi connectivity index (χ0n) is 64.6. The first kappa shape index (κ1) is 74.3. The molecule has 14 heteroatoms. The first-order chi connectivity index (χ1) is 57.4. The zero-order chi connectivity index (χ0) is 78.2. The van der Waals surface area contributed by atoms with E-state index in [0.717, 1.165) is 243 Å². The lowest BCUT2D eigenvalue weighted by atomic mass is 9.82. The summed E-state index contributed by atoms with van der Waals surface area (Å²) < 4.78 is 15.6. The third-order valence-corrected chi connectivity index (χ3v) is 20.6. The fraction of sp³-hybridized carbons (Fsp3) is 0.118. The topological polar surface area (TPSA) is 173 Å². The molecule has 0 spiro atoms. The van der Waals surface area contributed by atoms with Crippen molar-refractivity contribution in [3.8, 4) is 192 Å². The molecule has 14 nitrogen and oxygen atoms in total. The predicted molar refractivity (Wildman–Crippen MR) is 466 cm³/mol. The minimum absolute atomic E-state index is 0.440. The van der Waals surface area contributed by atoms with Crippen molar-refractivity contribution in [2.75, 3.05) is 13.2 Å². The molecule has 0 atom stereocenters. The molecule has 17 rings (SSSR count). The standard InChI is InChI=1S/C102H82N12O2/c1-3-5-7-25-59-115-101-97(73-43-35-69(36-44-73)77-61-89(81-27-9-17-51-103-81)111-90(62-77)82-28-10-18-52-104-82)99(75-47-39-71(40-48-75)79-65-93(85-31-13-21-55-107-85)113-94(66-79)86-32-14-22-56-108-86)102(116-60-26-8-6-4-2)100(76-49-41-72(42-50-76)80-67-95(87-33-15-23-57-109-87)114-96(68-80)88-34-16-24-58-110-88)98(101)74-45-37-70(38-46-74)78-63-91(83-29-11-19-53-105-83)112-92(64-78)84-30-12-20-54-106-84/h9-24,27-58,61-68H,3-8,25-26,59-60H2,1-2H3. The molecule has 0 saturated heterocycles. The molecule has 17 aromatic rings. The molecular weight excluding hydrogens is 1430 g/mol. The molecule has 116 heavy (non-hydrogen) atoms. The lowest BCUT2D eigenvalue weighted by Crippen LogP contribution is -2.08. The molecule has 0 aliphatic heterocycles. The van der Waals surface area contributed by atoms with Crippen LogP contribution in [0.5, 0.6) is 11.5 Å². The molecule has 0 fully saturated rings. The Morgan fingerprint density at radius 1 is 0.181 bits per heavy atom. The third-order valence-electron chi connectivity index (χ3n) is 20.6. The van der Waals surface area contributed by atoms with Gasteiger partial charge in [0.1, 0.15) is 11.5 Å². The van der Waals surface area contributed by atoms with E-state index in [-0.39, 0.29) is 0 Å². The van der Waals surface area contributed by atoms with Crippen molar-refractivity contribution in [1.29, 1.82) is 0 Å². The second kappa shape index (κ2) is 35.5. The van der Waals surface area contributed by atoms with Crippen LogP contribution in [0.4, 0.5) is 0 Å². The number of benzene rings is 5. The van der Waals surface area contributed by atoms with Crippen LogP contribution in [0.3, 0.4) is 0 Å². The van der Waals surface area contributed by atoms with Crippen molar-refractivity contribution in [3.63, 3.8) is 0 Å². The van der Waals surface area contributed by atoms with Gasteiger partial charge in [-0.15, -0.1) is 0 Å². The minimum atomic E-state index is 0.440. The molecule has 0 N–H and O–H groups in total. The number of hydrogen-bond donors (Lipinski definition) is 0. The summed E-state index contributed by atoms with van der Waals surface area (Å²) in [6.45, 7) is 5.37. The predicted octanol–water partition coefficient (Wildman–Crippen LogP) is 25.0. The highest BCUT2D eigenvalue weighted by atomic mass is 16.5. The zero-order valence-corrected chi connectivity index (χ0v) is 64.6.